The maximum atomic E-state index is 13.1. The first-order valence-electron chi connectivity index (χ1n) is 9.48. The molecule has 1 aliphatic rings. The average molecular weight is 430 g/mol. The third-order valence-electron chi connectivity index (χ3n) is 4.76. The number of amides is 1. The van der Waals surface area contributed by atoms with Crippen molar-refractivity contribution < 1.29 is 31.9 Å². The zero-order valence-corrected chi connectivity index (χ0v) is 17.5. The average Bonchev–Trinajstić information content (AvgIpc) is 2.71. The molecular weight excluding hydrogens is 403 g/mol. The Bertz CT molecular complexity index is 791. The van der Waals surface area contributed by atoms with Gasteiger partial charge in [0.25, 0.3) is 0 Å². The zero-order valence-electron chi connectivity index (χ0n) is 16.7. The van der Waals surface area contributed by atoms with E-state index < -0.39 is 21.8 Å². The Balaban J connectivity index is 2.00. The number of rotatable bonds is 9. The summed E-state index contributed by atoms with van der Waals surface area (Å²) in [7, 11) is -2.24. The molecule has 8 nitrogen and oxygen atoms in total. The van der Waals surface area contributed by atoms with Gasteiger partial charge in [-0.1, -0.05) is 0 Å². The predicted octanol–water partition coefficient (Wildman–Crippen LogP) is 1.26. The van der Waals surface area contributed by atoms with Gasteiger partial charge >= 0.3 is 5.97 Å². The molecule has 0 bridgehead atoms. The standard InChI is InChI=1S/C19H27FN2O6S/c1-3-28-18(23)14-21(12-13-27-2)19(24)15-8-10-22(11-9-15)29(25,26)17-6-4-16(20)5-7-17/h4-7,15H,3,8-14H2,1-2H3. The summed E-state index contributed by atoms with van der Waals surface area (Å²) in [4.78, 5) is 26.1. The van der Waals surface area contributed by atoms with Gasteiger partial charge in [0.05, 0.1) is 18.1 Å². The molecule has 0 radical (unpaired) electrons. The van der Waals surface area contributed by atoms with Crippen LogP contribution in [0.5, 0.6) is 0 Å². The molecule has 0 atom stereocenters. The van der Waals surface area contributed by atoms with E-state index >= 15 is 0 Å². The fourth-order valence-electron chi connectivity index (χ4n) is 3.19. The van der Waals surface area contributed by atoms with E-state index in [0.717, 1.165) is 12.1 Å². The van der Waals surface area contributed by atoms with Crippen molar-refractivity contribution in [3.05, 3.63) is 30.1 Å². The van der Waals surface area contributed by atoms with Gasteiger partial charge in [-0.05, 0) is 44.0 Å². The van der Waals surface area contributed by atoms with Crippen LogP contribution < -0.4 is 0 Å². The van der Waals surface area contributed by atoms with Crippen LogP contribution in [0.3, 0.4) is 0 Å². The molecule has 0 spiro atoms. The number of esters is 1. The van der Waals surface area contributed by atoms with Crippen LogP contribution in [0.25, 0.3) is 0 Å². The van der Waals surface area contributed by atoms with E-state index in [1.165, 1.54) is 28.4 Å². The van der Waals surface area contributed by atoms with Crippen molar-refractivity contribution in [1.82, 2.24) is 9.21 Å². The second kappa shape index (κ2) is 10.7. The number of nitrogens with zero attached hydrogens (tertiary/aromatic N) is 2. The van der Waals surface area contributed by atoms with Crippen molar-refractivity contribution in [3.63, 3.8) is 0 Å². The second-order valence-electron chi connectivity index (χ2n) is 6.69. The van der Waals surface area contributed by atoms with Crippen molar-refractivity contribution in [3.8, 4) is 0 Å². The molecule has 10 heteroatoms. The monoisotopic (exact) mass is 430 g/mol. The molecule has 162 valence electrons. The van der Waals surface area contributed by atoms with E-state index in [4.69, 9.17) is 9.47 Å². The Morgan fingerprint density at radius 1 is 1.21 bits per heavy atom. The minimum atomic E-state index is -3.74. The Kier molecular flexibility index (Phi) is 8.54. The number of benzene rings is 1. The Labute approximate surface area is 170 Å². The molecule has 29 heavy (non-hydrogen) atoms. The lowest BCUT2D eigenvalue weighted by Crippen LogP contribution is -2.46. The molecule has 1 fully saturated rings. The van der Waals surface area contributed by atoms with Gasteiger partial charge in [0.15, 0.2) is 0 Å². The van der Waals surface area contributed by atoms with Gasteiger partial charge in [-0.2, -0.15) is 4.31 Å². The number of hydrogen-bond acceptors (Lipinski definition) is 6. The number of sulfonamides is 1. The molecule has 2 rings (SSSR count). The summed E-state index contributed by atoms with van der Waals surface area (Å²) >= 11 is 0. The summed E-state index contributed by atoms with van der Waals surface area (Å²) in [5.41, 5.74) is 0. The van der Waals surface area contributed by atoms with Crippen molar-refractivity contribution in [2.45, 2.75) is 24.7 Å². The molecule has 1 saturated heterocycles. The summed E-state index contributed by atoms with van der Waals surface area (Å²) in [5, 5.41) is 0. The lowest BCUT2D eigenvalue weighted by Gasteiger charge is -2.33. The van der Waals surface area contributed by atoms with Crippen LogP contribution in [-0.2, 0) is 29.1 Å². The van der Waals surface area contributed by atoms with E-state index in [1.54, 1.807) is 6.92 Å². The molecule has 1 heterocycles. The van der Waals surface area contributed by atoms with Crippen LogP contribution in [0.2, 0.25) is 0 Å². The zero-order chi connectivity index (χ0) is 21.4. The molecule has 1 aromatic carbocycles. The third kappa shape index (κ3) is 6.22. The molecule has 0 aromatic heterocycles. The minimum Gasteiger partial charge on any atom is -0.465 e. The SMILES string of the molecule is CCOC(=O)CN(CCOC)C(=O)C1CCN(S(=O)(=O)c2ccc(F)cc2)CC1. The first kappa shape index (κ1) is 23.2. The van der Waals surface area contributed by atoms with Crippen molar-refractivity contribution >= 4 is 21.9 Å². The number of halogens is 1. The van der Waals surface area contributed by atoms with Crippen LogP contribution in [0, 0.1) is 11.7 Å². The first-order chi connectivity index (χ1) is 13.8. The molecular formula is C19H27FN2O6S. The maximum Gasteiger partial charge on any atom is 0.325 e. The van der Waals surface area contributed by atoms with Crippen LogP contribution >= 0.6 is 0 Å². The van der Waals surface area contributed by atoms with E-state index in [0.29, 0.717) is 12.8 Å². The Hall–Kier alpha value is -2.04. The van der Waals surface area contributed by atoms with Crippen molar-refractivity contribution in [2.24, 2.45) is 5.92 Å². The summed E-state index contributed by atoms with van der Waals surface area (Å²) in [6, 6.07) is 4.67. The molecule has 1 aliphatic heterocycles. The summed E-state index contributed by atoms with van der Waals surface area (Å²) in [6.07, 6.45) is 0.678. The van der Waals surface area contributed by atoms with Gasteiger partial charge in [-0.15, -0.1) is 0 Å². The van der Waals surface area contributed by atoms with Crippen molar-refractivity contribution in [2.75, 3.05) is 46.5 Å². The van der Waals surface area contributed by atoms with Crippen LogP contribution in [0.15, 0.2) is 29.2 Å². The van der Waals surface area contributed by atoms with E-state index in [2.05, 4.69) is 0 Å². The summed E-state index contributed by atoms with van der Waals surface area (Å²) in [6.45, 7) is 2.64. The highest BCUT2D eigenvalue weighted by Crippen LogP contribution is 2.25. The first-order valence-corrected chi connectivity index (χ1v) is 10.9. The van der Waals surface area contributed by atoms with Gasteiger partial charge in [0.1, 0.15) is 12.4 Å². The van der Waals surface area contributed by atoms with E-state index in [1.807, 2.05) is 0 Å². The minimum absolute atomic E-state index is 0.0210. The van der Waals surface area contributed by atoms with Crippen LogP contribution in [-0.4, -0.2) is 76.0 Å². The van der Waals surface area contributed by atoms with Crippen molar-refractivity contribution in [1.29, 1.82) is 0 Å². The fraction of sp³-hybridized carbons (Fsp3) is 0.579. The Morgan fingerprint density at radius 2 is 1.83 bits per heavy atom. The highest BCUT2D eigenvalue weighted by molar-refractivity contribution is 7.89. The smallest absolute Gasteiger partial charge is 0.325 e. The van der Waals surface area contributed by atoms with Crippen LogP contribution in [0.4, 0.5) is 4.39 Å². The lowest BCUT2D eigenvalue weighted by molar-refractivity contribution is -0.151. The van der Waals surface area contributed by atoms with Gasteiger partial charge in [0, 0.05) is 32.7 Å². The molecule has 1 aromatic rings. The topological polar surface area (TPSA) is 93.2 Å². The van der Waals surface area contributed by atoms with Gasteiger partial charge < -0.3 is 14.4 Å². The van der Waals surface area contributed by atoms with Gasteiger partial charge in [-0.3, -0.25) is 9.59 Å². The van der Waals surface area contributed by atoms with Crippen LogP contribution in [0.1, 0.15) is 19.8 Å². The number of piperidine rings is 1. The normalized spacial score (nSPS) is 15.8. The predicted molar refractivity (Wildman–Crippen MR) is 103 cm³/mol. The molecule has 0 aliphatic carbocycles. The number of carbonyl (C=O) groups is 2. The summed E-state index contributed by atoms with van der Waals surface area (Å²) in [5.74, 6) is -1.60. The summed E-state index contributed by atoms with van der Waals surface area (Å²) < 4.78 is 49.7. The maximum absolute atomic E-state index is 13.1. The second-order valence-corrected chi connectivity index (χ2v) is 8.63. The number of ether oxygens (including phenoxy) is 2. The number of hydrogen-bond donors (Lipinski definition) is 0. The molecule has 0 unspecified atom stereocenters. The fourth-order valence-corrected chi connectivity index (χ4v) is 4.66. The quantitative estimate of drug-likeness (QED) is 0.548. The molecule has 1 amide bonds. The van der Waals surface area contributed by atoms with E-state index in [9.17, 15) is 22.4 Å². The Morgan fingerprint density at radius 3 is 2.38 bits per heavy atom. The largest absolute Gasteiger partial charge is 0.465 e. The number of methoxy groups -OCH3 is 1. The molecule has 0 saturated carbocycles. The van der Waals surface area contributed by atoms with E-state index in [-0.39, 0.29) is 56.1 Å². The molecule has 0 N–H and O–H groups in total. The van der Waals surface area contributed by atoms with Gasteiger partial charge in [0.2, 0.25) is 15.9 Å². The third-order valence-corrected chi connectivity index (χ3v) is 6.67. The lowest BCUT2D eigenvalue weighted by atomic mass is 9.96. The highest BCUT2D eigenvalue weighted by atomic mass is 32.2. The van der Waals surface area contributed by atoms with Gasteiger partial charge in [-0.25, -0.2) is 12.8 Å². The highest BCUT2D eigenvalue weighted by Gasteiger charge is 2.34. The number of carbonyl (C=O) groups excluding carboxylic acids is 2.